The molecule has 0 heterocycles. The monoisotopic (exact) mass is 297 g/mol. The van der Waals surface area contributed by atoms with E-state index >= 15 is 0 Å². The summed E-state index contributed by atoms with van der Waals surface area (Å²) in [7, 11) is 0. The maximum absolute atomic E-state index is 5.89. The van der Waals surface area contributed by atoms with Gasteiger partial charge in [0.2, 0.25) is 0 Å². The third-order valence-corrected chi connectivity index (χ3v) is 3.69. The second-order valence-corrected chi connectivity index (χ2v) is 5.57. The van der Waals surface area contributed by atoms with Crippen LogP contribution in [0.2, 0.25) is 0 Å². The van der Waals surface area contributed by atoms with Gasteiger partial charge in [-0.15, -0.1) is 0 Å². The van der Waals surface area contributed by atoms with Crippen LogP contribution < -0.4 is 10.1 Å². The Morgan fingerprint density at radius 2 is 1.64 bits per heavy atom. The van der Waals surface area contributed by atoms with E-state index in [4.69, 9.17) is 4.74 Å². The molecule has 0 aliphatic heterocycles. The molecule has 118 valence electrons. The van der Waals surface area contributed by atoms with Gasteiger partial charge in [0, 0.05) is 6.54 Å². The summed E-state index contributed by atoms with van der Waals surface area (Å²) in [5.74, 6) is 0.971. The second kappa shape index (κ2) is 9.88. The number of rotatable bonds is 10. The van der Waals surface area contributed by atoms with Crippen molar-refractivity contribution in [2.24, 2.45) is 0 Å². The number of hydrogen-bond acceptors (Lipinski definition) is 2. The van der Waals surface area contributed by atoms with Crippen molar-refractivity contribution in [2.45, 2.75) is 39.0 Å². The summed E-state index contributed by atoms with van der Waals surface area (Å²) >= 11 is 0. The number of hydrogen-bond donors (Lipinski definition) is 1. The Bertz CT molecular complexity index is 524. The SMILES string of the molecule is CCCCCOc1ccccc1NCCCc1ccccc1. The van der Waals surface area contributed by atoms with Crippen LogP contribution in [0.1, 0.15) is 38.2 Å². The summed E-state index contributed by atoms with van der Waals surface area (Å²) < 4.78 is 5.89. The molecule has 0 amide bonds. The highest BCUT2D eigenvalue weighted by atomic mass is 16.5. The van der Waals surface area contributed by atoms with Crippen molar-refractivity contribution >= 4 is 5.69 Å². The lowest BCUT2D eigenvalue weighted by molar-refractivity contribution is 0.307. The van der Waals surface area contributed by atoms with Gasteiger partial charge in [0.05, 0.1) is 12.3 Å². The fourth-order valence-corrected chi connectivity index (χ4v) is 2.43. The van der Waals surface area contributed by atoms with Gasteiger partial charge in [-0.05, 0) is 37.0 Å². The van der Waals surface area contributed by atoms with E-state index in [2.05, 4.69) is 54.7 Å². The molecular weight excluding hydrogens is 270 g/mol. The Hall–Kier alpha value is -1.96. The van der Waals surface area contributed by atoms with Crippen LogP contribution in [-0.2, 0) is 6.42 Å². The zero-order valence-corrected chi connectivity index (χ0v) is 13.6. The van der Waals surface area contributed by atoms with Crippen molar-refractivity contribution in [3.63, 3.8) is 0 Å². The molecule has 0 fully saturated rings. The van der Waals surface area contributed by atoms with E-state index < -0.39 is 0 Å². The van der Waals surface area contributed by atoms with Gasteiger partial charge in [0.15, 0.2) is 0 Å². The van der Waals surface area contributed by atoms with Crippen LogP contribution in [-0.4, -0.2) is 13.2 Å². The summed E-state index contributed by atoms with van der Waals surface area (Å²) in [6, 6.07) is 18.9. The van der Waals surface area contributed by atoms with Gasteiger partial charge in [-0.2, -0.15) is 0 Å². The van der Waals surface area contributed by atoms with Gasteiger partial charge >= 0.3 is 0 Å². The highest BCUT2D eigenvalue weighted by Gasteiger charge is 2.02. The van der Waals surface area contributed by atoms with Crippen LogP contribution in [0.3, 0.4) is 0 Å². The van der Waals surface area contributed by atoms with Crippen LogP contribution in [0.15, 0.2) is 54.6 Å². The van der Waals surface area contributed by atoms with Crippen LogP contribution in [0.5, 0.6) is 5.75 Å². The van der Waals surface area contributed by atoms with E-state index in [1.54, 1.807) is 0 Å². The van der Waals surface area contributed by atoms with Crippen LogP contribution in [0.4, 0.5) is 5.69 Å². The normalized spacial score (nSPS) is 10.4. The molecule has 0 aliphatic carbocycles. The van der Waals surface area contributed by atoms with E-state index in [1.807, 2.05) is 12.1 Å². The van der Waals surface area contributed by atoms with Crippen LogP contribution in [0.25, 0.3) is 0 Å². The largest absolute Gasteiger partial charge is 0.491 e. The van der Waals surface area contributed by atoms with Gasteiger partial charge in [0.25, 0.3) is 0 Å². The Morgan fingerprint density at radius 1 is 0.864 bits per heavy atom. The molecule has 0 saturated heterocycles. The first-order valence-electron chi connectivity index (χ1n) is 8.40. The van der Waals surface area contributed by atoms with Crippen molar-refractivity contribution in [1.29, 1.82) is 0 Å². The lowest BCUT2D eigenvalue weighted by Crippen LogP contribution is -2.06. The predicted molar refractivity (Wildman–Crippen MR) is 94.7 cm³/mol. The van der Waals surface area contributed by atoms with E-state index in [0.717, 1.165) is 43.9 Å². The molecule has 1 N–H and O–H groups in total. The Kier molecular flexibility index (Phi) is 7.37. The Labute approximate surface area is 134 Å². The standard InChI is InChI=1S/C20H27NO/c1-2-3-9-17-22-20-15-8-7-14-19(20)21-16-10-13-18-11-5-4-6-12-18/h4-8,11-12,14-15,21H,2-3,9-10,13,16-17H2,1H3. The average Bonchev–Trinajstić information content (AvgIpc) is 2.57. The summed E-state index contributed by atoms with van der Waals surface area (Å²) in [6.45, 7) is 3.98. The molecule has 2 rings (SSSR count). The Morgan fingerprint density at radius 3 is 2.45 bits per heavy atom. The topological polar surface area (TPSA) is 21.3 Å². The molecule has 0 saturated carbocycles. The quantitative estimate of drug-likeness (QED) is 0.601. The van der Waals surface area contributed by atoms with Crippen molar-refractivity contribution < 1.29 is 4.74 Å². The van der Waals surface area contributed by atoms with Crippen molar-refractivity contribution in [3.05, 3.63) is 60.2 Å². The van der Waals surface area contributed by atoms with Crippen molar-refractivity contribution in [3.8, 4) is 5.75 Å². The molecule has 0 aromatic heterocycles. The summed E-state index contributed by atoms with van der Waals surface area (Å²) in [5.41, 5.74) is 2.50. The molecule has 0 atom stereocenters. The fraction of sp³-hybridized carbons (Fsp3) is 0.400. The minimum absolute atomic E-state index is 0.802. The highest BCUT2D eigenvalue weighted by molar-refractivity contribution is 5.56. The van der Waals surface area contributed by atoms with Gasteiger partial charge in [-0.1, -0.05) is 62.2 Å². The smallest absolute Gasteiger partial charge is 0.142 e. The lowest BCUT2D eigenvalue weighted by atomic mass is 10.1. The van der Waals surface area contributed by atoms with Crippen LogP contribution in [0, 0.1) is 0 Å². The first-order chi connectivity index (χ1) is 10.9. The molecule has 0 radical (unpaired) electrons. The molecular formula is C20H27NO. The summed E-state index contributed by atoms with van der Waals surface area (Å²) in [6.07, 6.45) is 5.80. The minimum atomic E-state index is 0.802. The minimum Gasteiger partial charge on any atom is -0.491 e. The molecule has 2 aromatic carbocycles. The lowest BCUT2D eigenvalue weighted by Gasteiger charge is -2.13. The summed E-state index contributed by atoms with van der Waals surface area (Å²) in [5, 5.41) is 3.50. The molecule has 0 bridgehead atoms. The van der Waals surface area contributed by atoms with Gasteiger partial charge in [-0.25, -0.2) is 0 Å². The van der Waals surface area contributed by atoms with Gasteiger partial charge in [0.1, 0.15) is 5.75 Å². The zero-order valence-electron chi connectivity index (χ0n) is 13.6. The first kappa shape index (κ1) is 16.4. The average molecular weight is 297 g/mol. The third kappa shape index (κ3) is 5.80. The van der Waals surface area contributed by atoms with E-state index in [9.17, 15) is 0 Å². The number of para-hydroxylation sites is 2. The third-order valence-electron chi connectivity index (χ3n) is 3.69. The fourth-order valence-electron chi connectivity index (χ4n) is 2.43. The maximum atomic E-state index is 5.89. The van der Waals surface area contributed by atoms with E-state index in [0.29, 0.717) is 0 Å². The molecule has 0 unspecified atom stereocenters. The number of benzene rings is 2. The van der Waals surface area contributed by atoms with Gasteiger partial charge < -0.3 is 10.1 Å². The first-order valence-corrected chi connectivity index (χ1v) is 8.40. The van der Waals surface area contributed by atoms with Crippen LogP contribution >= 0.6 is 0 Å². The zero-order chi connectivity index (χ0) is 15.5. The number of nitrogens with one attached hydrogen (secondary N) is 1. The maximum Gasteiger partial charge on any atom is 0.142 e. The molecule has 0 aliphatic rings. The predicted octanol–water partition coefficient (Wildman–Crippen LogP) is 5.30. The number of aryl methyl sites for hydroxylation is 1. The molecule has 2 heteroatoms. The van der Waals surface area contributed by atoms with E-state index in [-0.39, 0.29) is 0 Å². The molecule has 2 nitrogen and oxygen atoms in total. The van der Waals surface area contributed by atoms with Crippen molar-refractivity contribution in [2.75, 3.05) is 18.5 Å². The molecule has 0 spiro atoms. The number of ether oxygens (including phenoxy) is 1. The second-order valence-electron chi connectivity index (χ2n) is 5.57. The van der Waals surface area contributed by atoms with Gasteiger partial charge in [-0.3, -0.25) is 0 Å². The van der Waals surface area contributed by atoms with Crippen molar-refractivity contribution in [1.82, 2.24) is 0 Å². The molecule has 22 heavy (non-hydrogen) atoms. The summed E-state index contributed by atoms with van der Waals surface area (Å²) in [4.78, 5) is 0. The highest BCUT2D eigenvalue weighted by Crippen LogP contribution is 2.24. The van der Waals surface area contributed by atoms with E-state index in [1.165, 1.54) is 18.4 Å². The number of unbranched alkanes of at least 4 members (excludes halogenated alkanes) is 2. The number of anilines is 1. The Balaban J connectivity index is 1.74. The molecule has 2 aromatic rings.